The van der Waals surface area contributed by atoms with E-state index < -0.39 is 6.10 Å². The molecule has 5 heteroatoms. The molecule has 0 spiro atoms. The van der Waals surface area contributed by atoms with E-state index in [0.29, 0.717) is 13.1 Å². The van der Waals surface area contributed by atoms with Crippen LogP contribution in [0.25, 0.3) is 0 Å². The Morgan fingerprint density at radius 1 is 1.23 bits per heavy atom. The van der Waals surface area contributed by atoms with Gasteiger partial charge in [0.2, 0.25) is 5.91 Å². The third kappa shape index (κ3) is 3.31. The number of amides is 1. The van der Waals surface area contributed by atoms with Gasteiger partial charge in [-0.1, -0.05) is 12.1 Å². The lowest BCUT2D eigenvalue weighted by atomic mass is 9.87. The van der Waals surface area contributed by atoms with Crippen molar-refractivity contribution in [3.63, 3.8) is 0 Å². The van der Waals surface area contributed by atoms with Gasteiger partial charge in [0, 0.05) is 13.1 Å². The summed E-state index contributed by atoms with van der Waals surface area (Å²) in [7, 11) is 0. The Balaban J connectivity index is 1.54. The number of hydrogen-bond acceptors (Lipinski definition) is 3. The van der Waals surface area contributed by atoms with Gasteiger partial charge in [-0.15, -0.1) is 0 Å². The lowest BCUT2D eigenvalue weighted by Crippen LogP contribution is -2.47. The summed E-state index contributed by atoms with van der Waals surface area (Å²) < 4.78 is 12.9. The molecule has 2 aliphatic heterocycles. The normalized spacial score (nSPS) is 24.5. The standard InChI is InChI=1S/C17H23FN2O2/c18-14-5-3-12(4-6-14)16(21)13-7-10-20(11-8-13)17(22)15-2-1-9-19-15/h3-6,13,15-16,19,21H,1-2,7-11H2/t15-,16+/m1/s1. The van der Waals surface area contributed by atoms with E-state index in [-0.39, 0.29) is 23.7 Å². The maximum absolute atomic E-state index is 12.9. The lowest BCUT2D eigenvalue weighted by Gasteiger charge is -2.35. The van der Waals surface area contributed by atoms with Gasteiger partial charge in [-0.05, 0) is 55.8 Å². The van der Waals surface area contributed by atoms with Gasteiger partial charge >= 0.3 is 0 Å². The van der Waals surface area contributed by atoms with Gasteiger partial charge in [0.15, 0.2) is 0 Å². The first-order valence-electron chi connectivity index (χ1n) is 8.11. The van der Waals surface area contributed by atoms with Crippen molar-refractivity contribution in [2.75, 3.05) is 19.6 Å². The molecule has 22 heavy (non-hydrogen) atoms. The van der Waals surface area contributed by atoms with Crippen molar-refractivity contribution in [2.24, 2.45) is 5.92 Å². The van der Waals surface area contributed by atoms with Gasteiger partial charge in [0.25, 0.3) is 0 Å². The van der Waals surface area contributed by atoms with Gasteiger partial charge < -0.3 is 15.3 Å². The van der Waals surface area contributed by atoms with Crippen molar-refractivity contribution in [2.45, 2.75) is 37.8 Å². The number of piperidine rings is 1. The summed E-state index contributed by atoms with van der Waals surface area (Å²) in [5.74, 6) is 0.0405. The molecule has 0 radical (unpaired) electrons. The fraction of sp³-hybridized carbons (Fsp3) is 0.588. The molecule has 4 nitrogen and oxygen atoms in total. The summed E-state index contributed by atoms with van der Waals surface area (Å²) in [4.78, 5) is 14.3. The fourth-order valence-electron chi connectivity index (χ4n) is 3.48. The first kappa shape index (κ1) is 15.4. The molecule has 120 valence electrons. The Morgan fingerprint density at radius 2 is 1.91 bits per heavy atom. The number of aliphatic hydroxyl groups excluding tert-OH is 1. The predicted molar refractivity (Wildman–Crippen MR) is 81.7 cm³/mol. The highest BCUT2D eigenvalue weighted by atomic mass is 19.1. The second kappa shape index (κ2) is 6.75. The van der Waals surface area contributed by atoms with Crippen LogP contribution in [0, 0.1) is 11.7 Å². The van der Waals surface area contributed by atoms with Crippen LogP contribution in [0.3, 0.4) is 0 Å². The average molecular weight is 306 g/mol. The van der Waals surface area contributed by atoms with Gasteiger partial charge in [-0.2, -0.15) is 0 Å². The zero-order valence-corrected chi connectivity index (χ0v) is 12.7. The van der Waals surface area contributed by atoms with Crippen LogP contribution in [0.1, 0.15) is 37.4 Å². The molecular weight excluding hydrogens is 283 g/mol. The molecule has 2 atom stereocenters. The van der Waals surface area contributed by atoms with Crippen molar-refractivity contribution < 1.29 is 14.3 Å². The molecule has 0 aromatic heterocycles. The zero-order chi connectivity index (χ0) is 15.5. The molecule has 1 amide bonds. The summed E-state index contributed by atoms with van der Waals surface area (Å²) in [5, 5.41) is 13.7. The Hall–Kier alpha value is -1.46. The number of likely N-dealkylation sites (tertiary alicyclic amines) is 1. The van der Waals surface area contributed by atoms with E-state index in [1.807, 2.05) is 4.90 Å². The topological polar surface area (TPSA) is 52.6 Å². The summed E-state index contributed by atoms with van der Waals surface area (Å²) in [6.07, 6.45) is 2.99. The van der Waals surface area contributed by atoms with E-state index in [2.05, 4.69) is 5.32 Å². The summed E-state index contributed by atoms with van der Waals surface area (Å²) in [5.41, 5.74) is 0.753. The van der Waals surface area contributed by atoms with E-state index in [1.54, 1.807) is 12.1 Å². The predicted octanol–water partition coefficient (Wildman–Crippen LogP) is 1.85. The minimum Gasteiger partial charge on any atom is -0.388 e. The second-order valence-electron chi connectivity index (χ2n) is 6.31. The van der Waals surface area contributed by atoms with Crippen molar-refractivity contribution >= 4 is 5.91 Å². The van der Waals surface area contributed by atoms with E-state index >= 15 is 0 Å². The lowest BCUT2D eigenvalue weighted by molar-refractivity contribution is -0.135. The van der Waals surface area contributed by atoms with Crippen molar-refractivity contribution in [1.29, 1.82) is 0 Å². The van der Waals surface area contributed by atoms with Crippen LogP contribution in [0.2, 0.25) is 0 Å². The number of carbonyl (C=O) groups excluding carboxylic acids is 1. The number of hydrogen-bond donors (Lipinski definition) is 2. The second-order valence-corrected chi connectivity index (χ2v) is 6.31. The molecule has 0 aliphatic carbocycles. The molecule has 1 aromatic carbocycles. The molecule has 2 heterocycles. The highest BCUT2D eigenvalue weighted by Crippen LogP contribution is 2.31. The highest BCUT2D eigenvalue weighted by Gasteiger charge is 2.32. The Morgan fingerprint density at radius 3 is 2.50 bits per heavy atom. The molecular formula is C17H23FN2O2. The number of halogens is 1. The summed E-state index contributed by atoms with van der Waals surface area (Å²) in [6, 6.07) is 6.02. The number of rotatable bonds is 3. The molecule has 0 bridgehead atoms. The van der Waals surface area contributed by atoms with E-state index in [9.17, 15) is 14.3 Å². The van der Waals surface area contributed by atoms with Crippen LogP contribution in [0.4, 0.5) is 4.39 Å². The minimum atomic E-state index is -0.581. The van der Waals surface area contributed by atoms with Crippen LogP contribution in [-0.4, -0.2) is 41.6 Å². The number of carbonyl (C=O) groups is 1. The van der Waals surface area contributed by atoms with Crippen LogP contribution in [-0.2, 0) is 4.79 Å². The molecule has 2 fully saturated rings. The van der Waals surface area contributed by atoms with Gasteiger partial charge in [0.1, 0.15) is 5.82 Å². The van der Waals surface area contributed by atoms with Crippen LogP contribution < -0.4 is 5.32 Å². The number of benzene rings is 1. The van der Waals surface area contributed by atoms with Gasteiger partial charge in [-0.25, -0.2) is 4.39 Å². The largest absolute Gasteiger partial charge is 0.388 e. The van der Waals surface area contributed by atoms with Crippen LogP contribution in [0.5, 0.6) is 0 Å². The molecule has 0 unspecified atom stereocenters. The molecule has 2 aliphatic rings. The maximum atomic E-state index is 12.9. The molecule has 3 rings (SSSR count). The van der Waals surface area contributed by atoms with Crippen LogP contribution >= 0.6 is 0 Å². The fourth-order valence-corrected chi connectivity index (χ4v) is 3.48. The first-order valence-corrected chi connectivity index (χ1v) is 8.11. The quantitative estimate of drug-likeness (QED) is 0.896. The smallest absolute Gasteiger partial charge is 0.239 e. The van der Waals surface area contributed by atoms with E-state index in [1.165, 1.54) is 12.1 Å². The van der Waals surface area contributed by atoms with E-state index in [0.717, 1.165) is 37.8 Å². The first-order chi connectivity index (χ1) is 10.6. The molecule has 0 saturated carbocycles. The van der Waals surface area contributed by atoms with Crippen molar-refractivity contribution in [1.82, 2.24) is 10.2 Å². The summed E-state index contributed by atoms with van der Waals surface area (Å²) in [6.45, 7) is 2.32. The SMILES string of the molecule is O=C([C@H]1CCCN1)N1CCC([C@@H](O)c2ccc(F)cc2)CC1. The minimum absolute atomic E-state index is 0.0152. The van der Waals surface area contributed by atoms with Crippen LogP contribution in [0.15, 0.2) is 24.3 Å². The molecule has 2 saturated heterocycles. The third-order valence-electron chi connectivity index (χ3n) is 4.87. The molecule has 2 N–H and O–H groups in total. The number of aliphatic hydroxyl groups is 1. The maximum Gasteiger partial charge on any atom is 0.239 e. The Kier molecular flexibility index (Phi) is 4.74. The van der Waals surface area contributed by atoms with Gasteiger partial charge in [0.05, 0.1) is 12.1 Å². The monoisotopic (exact) mass is 306 g/mol. The van der Waals surface area contributed by atoms with Crippen molar-refractivity contribution in [3.8, 4) is 0 Å². The molecule has 1 aromatic rings. The average Bonchev–Trinajstić information content (AvgIpc) is 3.09. The van der Waals surface area contributed by atoms with Gasteiger partial charge in [-0.3, -0.25) is 4.79 Å². The number of nitrogens with zero attached hydrogens (tertiary/aromatic N) is 1. The zero-order valence-electron chi connectivity index (χ0n) is 12.7. The number of nitrogens with one attached hydrogen (secondary N) is 1. The Labute approximate surface area is 130 Å². The van der Waals surface area contributed by atoms with Crippen molar-refractivity contribution in [3.05, 3.63) is 35.6 Å². The summed E-state index contributed by atoms with van der Waals surface area (Å²) >= 11 is 0. The highest BCUT2D eigenvalue weighted by molar-refractivity contribution is 5.82. The van der Waals surface area contributed by atoms with E-state index in [4.69, 9.17) is 0 Å². The third-order valence-corrected chi connectivity index (χ3v) is 4.87. The Bertz CT molecular complexity index is 506.